The molecule has 0 aliphatic heterocycles. The number of amides is 1. The van der Waals surface area contributed by atoms with E-state index in [1.165, 1.54) is 7.05 Å². The summed E-state index contributed by atoms with van der Waals surface area (Å²) >= 11 is 1.14. The zero-order valence-electron chi connectivity index (χ0n) is 7.34. The first-order chi connectivity index (χ1) is 6.70. The monoisotopic (exact) mass is 209 g/mol. The number of benzene rings is 1. The van der Waals surface area contributed by atoms with E-state index in [0.717, 1.165) is 11.5 Å². The molecule has 0 saturated carbocycles. The summed E-state index contributed by atoms with van der Waals surface area (Å²) in [4.78, 5) is 11.5. The highest BCUT2D eigenvalue weighted by atomic mass is 32.1. The van der Waals surface area contributed by atoms with Crippen molar-refractivity contribution >= 4 is 27.7 Å². The Kier molecular flexibility index (Phi) is 2.14. The summed E-state index contributed by atoms with van der Waals surface area (Å²) in [6, 6.07) is 5.12. The average molecular weight is 209 g/mol. The maximum Gasteiger partial charge on any atom is 0.278 e. The first-order valence-electron chi connectivity index (χ1n) is 3.88. The van der Waals surface area contributed by atoms with Crippen LogP contribution >= 0.6 is 11.5 Å². The lowest BCUT2D eigenvalue weighted by molar-refractivity contribution is -0.0373. The molecule has 14 heavy (non-hydrogen) atoms. The fourth-order valence-corrected chi connectivity index (χ4v) is 1.81. The van der Waals surface area contributed by atoms with Crippen LogP contribution in [0.2, 0.25) is 0 Å². The number of hydroxylamine groups is 2. The van der Waals surface area contributed by atoms with Gasteiger partial charge < -0.3 is 0 Å². The number of hydrogen-bond acceptors (Lipinski definition) is 5. The summed E-state index contributed by atoms with van der Waals surface area (Å²) in [6.07, 6.45) is 0. The lowest BCUT2D eigenvalue weighted by Crippen LogP contribution is -2.22. The smallest absolute Gasteiger partial charge is 0.278 e. The Morgan fingerprint density at radius 1 is 1.57 bits per heavy atom. The van der Waals surface area contributed by atoms with E-state index in [1.54, 1.807) is 18.2 Å². The number of fused-ring (bicyclic) bond motifs is 1. The molecule has 1 heterocycles. The van der Waals surface area contributed by atoms with Crippen LogP contribution in [0.4, 0.5) is 0 Å². The molecule has 0 spiro atoms. The molecule has 72 valence electrons. The standard InChI is InChI=1S/C8H7N3O2S/c1-11(13)8(12)5-3-2-4-6-7(5)14-10-9-6/h2-4,13H,1H3. The van der Waals surface area contributed by atoms with E-state index in [0.29, 0.717) is 20.8 Å². The Morgan fingerprint density at radius 2 is 2.36 bits per heavy atom. The maximum atomic E-state index is 11.5. The Bertz CT molecular complexity index is 480. The summed E-state index contributed by atoms with van der Waals surface area (Å²) < 4.78 is 4.44. The molecule has 0 radical (unpaired) electrons. The molecule has 1 aromatic heterocycles. The van der Waals surface area contributed by atoms with Crippen molar-refractivity contribution in [3.8, 4) is 0 Å². The fourth-order valence-electron chi connectivity index (χ4n) is 1.15. The van der Waals surface area contributed by atoms with Gasteiger partial charge in [0.1, 0.15) is 5.52 Å². The van der Waals surface area contributed by atoms with Crippen LogP contribution in [0.1, 0.15) is 10.4 Å². The van der Waals surface area contributed by atoms with Crippen LogP contribution in [-0.2, 0) is 0 Å². The third-order valence-electron chi connectivity index (χ3n) is 1.80. The van der Waals surface area contributed by atoms with E-state index in [4.69, 9.17) is 5.21 Å². The molecule has 2 rings (SSSR count). The predicted molar refractivity (Wildman–Crippen MR) is 51.3 cm³/mol. The molecule has 1 N–H and O–H groups in total. The molecule has 5 nitrogen and oxygen atoms in total. The van der Waals surface area contributed by atoms with E-state index in [9.17, 15) is 4.79 Å². The summed E-state index contributed by atoms with van der Waals surface area (Å²) in [5.41, 5.74) is 1.09. The van der Waals surface area contributed by atoms with E-state index in [-0.39, 0.29) is 0 Å². The number of carbonyl (C=O) groups is 1. The highest BCUT2D eigenvalue weighted by Gasteiger charge is 2.14. The highest BCUT2D eigenvalue weighted by molar-refractivity contribution is 7.13. The fraction of sp³-hybridized carbons (Fsp3) is 0.125. The molecular weight excluding hydrogens is 202 g/mol. The summed E-state index contributed by atoms with van der Waals surface area (Å²) in [7, 11) is 1.29. The van der Waals surface area contributed by atoms with Gasteiger partial charge in [-0.25, -0.2) is 5.06 Å². The Morgan fingerprint density at radius 3 is 3.07 bits per heavy atom. The lowest BCUT2D eigenvalue weighted by atomic mass is 10.2. The number of aromatic nitrogens is 2. The summed E-state index contributed by atoms with van der Waals surface area (Å²) in [5, 5.41) is 13.4. The van der Waals surface area contributed by atoms with Gasteiger partial charge in [-0.2, -0.15) is 0 Å². The number of carbonyl (C=O) groups excluding carboxylic acids is 1. The molecule has 1 aromatic carbocycles. The molecule has 2 aromatic rings. The van der Waals surface area contributed by atoms with Crippen molar-refractivity contribution in [3.63, 3.8) is 0 Å². The van der Waals surface area contributed by atoms with Crippen LogP contribution in [0, 0.1) is 0 Å². The molecule has 1 amide bonds. The molecule has 0 bridgehead atoms. The van der Waals surface area contributed by atoms with Crippen molar-refractivity contribution < 1.29 is 10.0 Å². The summed E-state index contributed by atoms with van der Waals surface area (Å²) in [6.45, 7) is 0. The first-order valence-corrected chi connectivity index (χ1v) is 4.65. The maximum absolute atomic E-state index is 11.5. The van der Waals surface area contributed by atoms with Crippen molar-refractivity contribution in [2.45, 2.75) is 0 Å². The van der Waals surface area contributed by atoms with Gasteiger partial charge in [-0.3, -0.25) is 10.0 Å². The third-order valence-corrected chi connectivity index (χ3v) is 2.57. The van der Waals surface area contributed by atoms with Crippen LogP contribution in [0.3, 0.4) is 0 Å². The second-order valence-corrected chi connectivity index (χ2v) is 3.51. The third kappa shape index (κ3) is 1.34. The Hall–Kier alpha value is -1.53. The minimum Gasteiger partial charge on any atom is -0.286 e. The van der Waals surface area contributed by atoms with Crippen molar-refractivity contribution in [3.05, 3.63) is 23.8 Å². The van der Waals surface area contributed by atoms with Gasteiger partial charge in [0.15, 0.2) is 0 Å². The van der Waals surface area contributed by atoms with Gasteiger partial charge in [-0.1, -0.05) is 10.6 Å². The average Bonchev–Trinajstić information content (AvgIpc) is 2.63. The molecule has 0 fully saturated rings. The summed E-state index contributed by atoms with van der Waals surface area (Å²) in [5.74, 6) is -0.457. The number of rotatable bonds is 1. The van der Waals surface area contributed by atoms with E-state index >= 15 is 0 Å². The molecular formula is C8H7N3O2S. The van der Waals surface area contributed by atoms with Crippen LogP contribution in [-0.4, -0.2) is 32.8 Å². The first kappa shape index (κ1) is 9.04. The van der Waals surface area contributed by atoms with Crippen molar-refractivity contribution in [2.75, 3.05) is 7.05 Å². The van der Waals surface area contributed by atoms with Gasteiger partial charge in [-0.05, 0) is 23.7 Å². The number of nitrogens with zero attached hydrogens (tertiary/aromatic N) is 3. The Balaban J connectivity index is 2.62. The molecule has 0 unspecified atom stereocenters. The second kappa shape index (κ2) is 3.32. The van der Waals surface area contributed by atoms with Crippen LogP contribution < -0.4 is 0 Å². The van der Waals surface area contributed by atoms with Crippen LogP contribution in [0.5, 0.6) is 0 Å². The van der Waals surface area contributed by atoms with Gasteiger partial charge in [0, 0.05) is 7.05 Å². The topological polar surface area (TPSA) is 66.3 Å². The molecule has 0 aliphatic rings. The van der Waals surface area contributed by atoms with Crippen LogP contribution in [0.15, 0.2) is 18.2 Å². The van der Waals surface area contributed by atoms with Crippen molar-refractivity contribution in [1.29, 1.82) is 0 Å². The molecule has 0 atom stereocenters. The largest absolute Gasteiger partial charge is 0.286 e. The van der Waals surface area contributed by atoms with Crippen molar-refractivity contribution in [2.24, 2.45) is 0 Å². The quantitative estimate of drug-likeness (QED) is 0.565. The van der Waals surface area contributed by atoms with Gasteiger partial charge in [0.25, 0.3) is 5.91 Å². The molecule has 0 saturated heterocycles. The predicted octanol–water partition coefficient (Wildman–Crippen LogP) is 1.15. The van der Waals surface area contributed by atoms with Gasteiger partial charge in [-0.15, -0.1) is 5.10 Å². The van der Waals surface area contributed by atoms with Gasteiger partial charge in [0.2, 0.25) is 0 Å². The zero-order chi connectivity index (χ0) is 10.1. The Labute approximate surface area is 83.7 Å². The van der Waals surface area contributed by atoms with Crippen molar-refractivity contribution in [1.82, 2.24) is 14.7 Å². The SMILES string of the molecule is CN(O)C(=O)c1cccc2nnsc12. The zero-order valence-corrected chi connectivity index (χ0v) is 8.15. The van der Waals surface area contributed by atoms with E-state index in [1.807, 2.05) is 0 Å². The molecule has 6 heteroatoms. The van der Waals surface area contributed by atoms with Gasteiger partial charge in [0.05, 0.1) is 10.3 Å². The minimum atomic E-state index is -0.457. The van der Waals surface area contributed by atoms with E-state index < -0.39 is 5.91 Å². The molecule has 0 aliphatic carbocycles. The number of hydrogen-bond donors (Lipinski definition) is 1. The normalized spacial score (nSPS) is 10.4. The minimum absolute atomic E-state index is 0.419. The van der Waals surface area contributed by atoms with Crippen LogP contribution in [0.25, 0.3) is 10.2 Å². The lowest BCUT2D eigenvalue weighted by Gasteiger charge is -2.07. The highest BCUT2D eigenvalue weighted by Crippen LogP contribution is 2.20. The second-order valence-electron chi connectivity index (χ2n) is 2.76. The van der Waals surface area contributed by atoms with Gasteiger partial charge >= 0.3 is 0 Å². The van der Waals surface area contributed by atoms with E-state index in [2.05, 4.69) is 9.59 Å².